The molecule has 1 aliphatic rings. The number of halogens is 1. The van der Waals surface area contributed by atoms with Crippen LogP contribution in [-0.2, 0) is 19.4 Å². The molecule has 4 aromatic rings. The highest BCUT2D eigenvalue weighted by molar-refractivity contribution is 7.18. The fourth-order valence-corrected chi connectivity index (χ4v) is 5.61. The molecule has 0 saturated heterocycles. The lowest BCUT2D eigenvalue weighted by Gasteiger charge is -2.14. The van der Waals surface area contributed by atoms with E-state index in [2.05, 4.69) is 0 Å². The third kappa shape index (κ3) is 3.39. The Balaban J connectivity index is 1.79. The van der Waals surface area contributed by atoms with Crippen molar-refractivity contribution in [1.29, 1.82) is 0 Å². The van der Waals surface area contributed by atoms with Crippen molar-refractivity contribution in [3.05, 3.63) is 91.2 Å². The highest BCUT2D eigenvalue weighted by Crippen LogP contribution is 2.34. The first kappa shape index (κ1) is 19.8. The molecule has 0 radical (unpaired) electrons. The molecule has 0 amide bonds. The van der Waals surface area contributed by atoms with Gasteiger partial charge in [0.05, 0.1) is 24.7 Å². The minimum atomic E-state index is -0.398. The summed E-state index contributed by atoms with van der Waals surface area (Å²) in [5.74, 6) is 0.327. The van der Waals surface area contributed by atoms with Crippen LogP contribution in [0.25, 0.3) is 15.9 Å². The maximum atomic E-state index is 13.6. The largest absolute Gasteiger partial charge is 0.497 e. The van der Waals surface area contributed by atoms with Crippen LogP contribution in [0.4, 0.5) is 4.39 Å². The van der Waals surface area contributed by atoms with Gasteiger partial charge < -0.3 is 4.74 Å². The maximum Gasteiger partial charge on any atom is 0.337 e. The van der Waals surface area contributed by atoms with Crippen LogP contribution in [0.3, 0.4) is 0 Å². The number of ether oxygens (including phenoxy) is 1. The third-order valence-electron chi connectivity index (χ3n) is 5.82. The lowest BCUT2D eigenvalue weighted by molar-refractivity contribution is 0.414. The van der Waals surface area contributed by atoms with Gasteiger partial charge in [0.2, 0.25) is 0 Å². The molecule has 2 heterocycles. The summed E-state index contributed by atoms with van der Waals surface area (Å²) in [6.07, 6.45) is 3.91. The van der Waals surface area contributed by atoms with Crippen LogP contribution in [0.15, 0.2) is 58.1 Å². The number of nitrogens with zero attached hydrogens (tertiary/aromatic N) is 2. The standard InChI is InChI=1S/C24H21FN2O3S/c1-30-18-12-10-17(11-13-18)27-22(28)21-19-4-2-3-5-20(19)31-23(21)26(24(27)29)14-15-6-8-16(25)9-7-15/h6-13H,2-5,14H2,1H3. The molecule has 0 fully saturated rings. The van der Waals surface area contributed by atoms with Gasteiger partial charge in [-0.15, -0.1) is 11.3 Å². The lowest BCUT2D eigenvalue weighted by Crippen LogP contribution is -2.39. The van der Waals surface area contributed by atoms with Crippen molar-refractivity contribution in [2.75, 3.05) is 7.11 Å². The fraction of sp³-hybridized carbons (Fsp3) is 0.250. The van der Waals surface area contributed by atoms with Gasteiger partial charge >= 0.3 is 5.69 Å². The number of hydrogen-bond donors (Lipinski definition) is 0. The Morgan fingerprint density at radius 2 is 1.71 bits per heavy atom. The molecule has 0 aliphatic heterocycles. The first-order chi connectivity index (χ1) is 15.1. The van der Waals surface area contributed by atoms with Crippen LogP contribution >= 0.6 is 11.3 Å². The van der Waals surface area contributed by atoms with Gasteiger partial charge in [-0.25, -0.2) is 13.8 Å². The minimum Gasteiger partial charge on any atom is -0.497 e. The third-order valence-corrected chi connectivity index (χ3v) is 7.14. The van der Waals surface area contributed by atoms with Gasteiger partial charge in [0.15, 0.2) is 0 Å². The van der Waals surface area contributed by atoms with Crippen molar-refractivity contribution in [2.24, 2.45) is 0 Å². The smallest absolute Gasteiger partial charge is 0.337 e. The van der Waals surface area contributed by atoms with E-state index >= 15 is 0 Å². The molecule has 2 aromatic heterocycles. The molecule has 0 spiro atoms. The average molecular weight is 437 g/mol. The second kappa shape index (κ2) is 7.81. The number of thiophene rings is 1. The van der Waals surface area contributed by atoms with Crippen molar-refractivity contribution in [3.63, 3.8) is 0 Å². The Morgan fingerprint density at radius 1 is 1.00 bits per heavy atom. The van der Waals surface area contributed by atoms with E-state index in [1.54, 1.807) is 59.4 Å². The molecule has 0 atom stereocenters. The van der Waals surface area contributed by atoms with Crippen LogP contribution in [0.1, 0.15) is 28.8 Å². The number of methoxy groups -OCH3 is 1. The molecular weight excluding hydrogens is 415 g/mol. The number of fused-ring (bicyclic) bond motifs is 3. The monoisotopic (exact) mass is 436 g/mol. The number of rotatable bonds is 4. The van der Waals surface area contributed by atoms with Crippen molar-refractivity contribution in [2.45, 2.75) is 32.2 Å². The number of aromatic nitrogens is 2. The van der Waals surface area contributed by atoms with Gasteiger partial charge in [-0.05, 0) is 73.2 Å². The van der Waals surface area contributed by atoms with Gasteiger partial charge in [-0.2, -0.15) is 0 Å². The molecule has 0 N–H and O–H groups in total. The van der Waals surface area contributed by atoms with Crippen LogP contribution in [0.5, 0.6) is 5.75 Å². The van der Waals surface area contributed by atoms with E-state index in [0.29, 0.717) is 21.7 Å². The Labute approximate surface area is 182 Å². The SMILES string of the molecule is COc1ccc(-n2c(=O)c3c4c(sc3n(Cc3ccc(F)cc3)c2=O)CCCC4)cc1. The summed E-state index contributed by atoms with van der Waals surface area (Å²) in [5.41, 5.74) is 1.70. The number of aryl methyl sites for hydroxylation is 2. The van der Waals surface area contributed by atoms with Crippen molar-refractivity contribution >= 4 is 21.6 Å². The van der Waals surface area contributed by atoms with Crippen LogP contribution in [0.2, 0.25) is 0 Å². The van der Waals surface area contributed by atoms with Gasteiger partial charge in [-0.3, -0.25) is 9.36 Å². The van der Waals surface area contributed by atoms with Crippen molar-refractivity contribution < 1.29 is 9.13 Å². The molecule has 5 nitrogen and oxygen atoms in total. The summed E-state index contributed by atoms with van der Waals surface area (Å²) in [5, 5.41) is 0.636. The predicted octanol–water partition coefficient (Wildman–Crippen LogP) is 4.29. The average Bonchev–Trinajstić information content (AvgIpc) is 3.18. The fourth-order valence-electron chi connectivity index (χ4n) is 4.24. The zero-order chi connectivity index (χ0) is 21.5. The van der Waals surface area contributed by atoms with Crippen LogP contribution in [0, 0.1) is 5.82 Å². The maximum absolute atomic E-state index is 13.6. The van der Waals surface area contributed by atoms with Crippen LogP contribution in [-0.4, -0.2) is 16.2 Å². The Hall–Kier alpha value is -3.19. The summed E-state index contributed by atoms with van der Waals surface area (Å²) in [6, 6.07) is 13.0. The van der Waals surface area contributed by atoms with Crippen LogP contribution < -0.4 is 16.0 Å². The Bertz CT molecular complexity index is 1380. The summed E-state index contributed by atoms with van der Waals surface area (Å²) < 4.78 is 21.5. The molecule has 2 aromatic carbocycles. The molecule has 0 saturated carbocycles. The molecule has 7 heteroatoms. The summed E-state index contributed by atoms with van der Waals surface area (Å²) >= 11 is 1.54. The highest BCUT2D eigenvalue weighted by Gasteiger charge is 2.24. The highest BCUT2D eigenvalue weighted by atomic mass is 32.1. The molecule has 5 rings (SSSR count). The molecule has 0 bridgehead atoms. The molecular formula is C24H21FN2O3S. The van der Waals surface area contributed by atoms with Gasteiger partial charge in [0, 0.05) is 4.88 Å². The summed E-state index contributed by atoms with van der Waals surface area (Å²) in [7, 11) is 1.57. The normalized spacial score (nSPS) is 13.4. The first-order valence-corrected chi connectivity index (χ1v) is 11.1. The Kier molecular flexibility index (Phi) is 4.98. The number of benzene rings is 2. The topological polar surface area (TPSA) is 53.2 Å². The molecule has 0 unspecified atom stereocenters. The van der Waals surface area contributed by atoms with E-state index in [9.17, 15) is 14.0 Å². The van der Waals surface area contributed by atoms with Gasteiger partial charge in [0.25, 0.3) is 5.56 Å². The second-order valence-corrected chi connectivity index (χ2v) is 8.81. The Morgan fingerprint density at radius 3 is 2.42 bits per heavy atom. The quantitative estimate of drug-likeness (QED) is 0.480. The molecule has 1 aliphatic carbocycles. The second-order valence-electron chi connectivity index (χ2n) is 7.72. The van der Waals surface area contributed by atoms with Crippen molar-refractivity contribution in [3.8, 4) is 11.4 Å². The van der Waals surface area contributed by atoms with Crippen molar-refractivity contribution in [1.82, 2.24) is 9.13 Å². The minimum absolute atomic E-state index is 0.269. The number of hydrogen-bond acceptors (Lipinski definition) is 4. The predicted molar refractivity (Wildman–Crippen MR) is 120 cm³/mol. The van der Waals surface area contributed by atoms with E-state index < -0.39 is 5.69 Å². The molecule has 31 heavy (non-hydrogen) atoms. The lowest BCUT2D eigenvalue weighted by atomic mass is 9.97. The van der Waals surface area contributed by atoms with E-state index in [-0.39, 0.29) is 17.9 Å². The first-order valence-electron chi connectivity index (χ1n) is 10.3. The van der Waals surface area contributed by atoms with E-state index in [4.69, 9.17) is 4.74 Å². The molecule has 158 valence electrons. The summed E-state index contributed by atoms with van der Waals surface area (Å²) in [4.78, 5) is 29.0. The van der Waals surface area contributed by atoms with E-state index in [1.165, 1.54) is 21.6 Å². The zero-order valence-corrected chi connectivity index (χ0v) is 17.9. The zero-order valence-electron chi connectivity index (χ0n) is 17.1. The van der Waals surface area contributed by atoms with Gasteiger partial charge in [0.1, 0.15) is 16.4 Å². The summed E-state index contributed by atoms with van der Waals surface area (Å²) in [6.45, 7) is 0.269. The van der Waals surface area contributed by atoms with Gasteiger partial charge in [-0.1, -0.05) is 12.1 Å². The van der Waals surface area contributed by atoms with E-state index in [0.717, 1.165) is 36.8 Å². The van der Waals surface area contributed by atoms with E-state index in [1.807, 2.05) is 0 Å².